The van der Waals surface area contributed by atoms with Gasteiger partial charge >= 0.3 is 12.0 Å². The third-order valence-electron chi connectivity index (χ3n) is 6.66. The molecule has 194 valence electrons. The molecule has 1 aliphatic rings. The Bertz CT molecular complexity index is 1400. The molecule has 1 aromatic carbocycles. The number of nitrogens with zero attached hydrogens (tertiary/aromatic N) is 5. The second-order valence-electron chi connectivity index (χ2n) is 9.40. The summed E-state index contributed by atoms with van der Waals surface area (Å²) >= 11 is 0. The molecule has 1 saturated carbocycles. The second-order valence-corrected chi connectivity index (χ2v) is 9.40. The van der Waals surface area contributed by atoms with Crippen LogP contribution in [-0.4, -0.2) is 47.8 Å². The number of pyridine rings is 1. The summed E-state index contributed by atoms with van der Waals surface area (Å²) in [5, 5.41) is 16.3. The first-order valence-corrected chi connectivity index (χ1v) is 12.5. The van der Waals surface area contributed by atoms with Crippen molar-refractivity contribution < 1.29 is 19.4 Å². The molecule has 0 spiro atoms. The predicted molar refractivity (Wildman–Crippen MR) is 140 cm³/mol. The van der Waals surface area contributed by atoms with Gasteiger partial charge < -0.3 is 15.2 Å². The number of hydrogen-bond donors (Lipinski definition) is 2. The Kier molecular flexibility index (Phi) is 7.39. The van der Waals surface area contributed by atoms with Gasteiger partial charge in [-0.1, -0.05) is 18.2 Å². The molecule has 3 heterocycles. The minimum absolute atomic E-state index is 0.00786. The fourth-order valence-electron chi connectivity index (χ4n) is 4.61. The molecule has 10 nitrogen and oxygen atoms in total. The maximum absolute atomic E-state index is 12.9. The molecular weight excluding hydrogens is 484 g/mol. The summed E-state index contributed by atoms with van der Waals surface area (Å²) in [7, 11) is 0. The smallest absolute Gasteiger partial charge is 0.316 e. The Balaban J connectivity index is 1.17. The van der Waals surface area contributed by atoms with Crippen LogP contribution in [0.3, 0.4) is 0 Å². The molecule has 0 saturated heterocycles. The van der Waals surface area contributed by atoms with E-state index in [-0.39, 0.29) is 24.3 Å². The molecule has 2 N–H and O–H groups in total. The largest absolute Gasteiger partial charge is 0.481 e. The normalized spacial score (nSPS) is 17.1. The van der Waals surface area contributed by atoms with Gasteiger partial charge in [0.2, 0.25) is 0 Å². The molecule has 38 heavy (non-hydrogen) atoms. The van der Waals surface area contributed by atoms with Gasteiger partial charge in [0.15, 0.2) is 5.82 Å². The molecule has 5 rings (SSSR count). The Morgan fingerprint density at radius 1 is 1.00 bits per heavy atom. The summed E-state index contributed by atoms with van der Waals surface area (Å²) in [6, 6.07) is 13.3. The van der Waals surface area contributed by atoms with E-state index in [1.165, 1.54) is 0 Å². The van der Waals surface area contributed by atoms with E-state index in [4.69, 9.17) is 9.84 Å². The number of aryl methyl sites for hydroxylation is 1. The van der Waals surface area contributed by atoms with E-state index in [1.807, 2.05) is 42.5 Å². The monoisotopic (exact) mass is 512 g/mol. The van der Waals surface area contributed by atoms with E-state index in [9.17, 15) is 9.59 Å². The molecule has 0 unspecified atom stereocenters. The van der Waals surface area contributed by atoms with Crippen LogP contribution in [-0.2, 0) is 4.79 Å². The number of ether oxygens (including phenoxy) is 1. The van der Waals surface area contributed by atoms with E-state index in [1.54, 1.807) is 36.4 Å². The molecule has 1 aliphatic carbocycles. The highest BCUT2D eigenvalue weighted by molar-refractivity contribution is 6.05. The number of carbonyl (C=O) groups is 2. The number of carbonyl (C=O) groups excluding carboxylic acids is 1. The summed E-state index contributed by atoms with van der Waals surface area (Å²) < 4.78 is 7.50. The van der Waals surface area contributed by atoms with Crippen LogP contribution in [0.4, 0.5) is 5.69 Å². The van der Waals surface area contributed by atoms with Crippen molar-refractivity contribution >= 4 is 17.6 Å². The Morgan fingerprint density at radius 3 is 2.39 bits per heavy atom. The van der Waals surface area contributed by atoms with Gasteiger partial charge in [-0.15, -0.1) is 0 Å². The zero-order chi connectivity index (χ0) is 26.5. The topological polar surface area (TPSA) is 132 Å². The standard InChI is InChI=1S/C28H28N6O4/c1-18-24(17-34(33-18)25-4-2-3-13-29-25)27(37)32-22-9-7-20(8-10-22)21-15-30-28(31-16-21)38-23-11-5-19(6-12-23)14-26(35)36/h2-4,7-10,13,15-17,19,23H,5-6,11-12,14H2,1H3,(H,32,37)(H,35,36). The van der Waals surface area contributed by atoms with Gasteiger partial charge in [-0.3, -0.25) is 9.59 Å². The van der Waals surface area contributed by atoms with Crippen molar-refractivity contribution in [2.75, 3.05) is 5.32 Å². The molecule has 0 atom stereocenters. The van der Waals surface area contributed by atoms with Gasteiger partial charge in [0.25, 0.3) is 5.91 Å². The fourth-order valence-corrected chi connectivity index (χ4v) is 4.61. The zero-order valence-electron chi connectivity index (χ0n) is 20.9. The van der Waals surface area contributed by atoms with Crippen molar-refractivity contribution in [2.24, 2.45) is 5.92 Å². The molecule has 1 fully saturated rings. The molecule has 10 heteroatoms. The molecule has 0 aliphatic heterocycles. The van der Waals surface area contributed by atoms with Crippen LogP contribution < -0.4 is 10.1 Å². The zero-order valence-corrected chi connectivity index (χ0v) is 20.9. The van der Waals surface area contributed by atoms with Crippen LogP contribution in [0.5, 0.6) is 6.01 Å². The van der Waals surface area contributed by atoms with Crippen LogP contribution in [0.2, 0.25) is 0 Å². The van der Waals surface area contributed by atoms with Gasteiger partial charge in [-0.05, 0) is 68.4 Å². The van der Waals surface area contributed by atoms with Gasteiger partial charge in [0, 0.05) is 42.5 Å². The van der Waals surface area contributed by atoms with Crippen molar-refractivity contribution in [3.8, 4) is 23.0 Å². The fraction of sp³-hybridized carbons (Fsp3) is 0.286. The molecule has 3 aromatic heterocycles. The summed E-state index contributed by atoms with van der Waals surface area (Å²) in [4.78, 5) is 36.7. The number of carboxylic acid groups (broad SMARTS) is 1. The molecule has 4 aromatic rings. The van der Waals surface area contributed by atoms with E-state index in [0.29, 0.717) is 28.8 Å². The molecular formula is C28H28N6O4. The van der Waals surface area contributed by atoms with Crippen LogP contribution in [0.25, 0.3) is 16.9 Å². The lowest BCUT2D eigenvalue weighted by Gasteiger charge is -2.27. The summed E-state index contributed by atoms with van der Waals surface area (Å²) in [6.07, 6.45) is 10.3. The number of benzene rings is 1. The van der Waals surface area contributed by atoms with E-state index in [0.717, 1.165) is 36.8 Å². The number of amides is 1. The van der Waals surface area contributed by atoms with Crippen LogP contribution in [0.15, 0.2) is 67.3 Å². The third kappa shape index (κ3) is 6.03. The number of aromatic nitrogens is 5. The number of carboxylic acids is 1. The van der Waals surface area contributed by atoms with Crippen LogP contribution >= 0.6 is 0 Å². The number of nitrogens with one attached hydrogen (secondary N) is 1. The maximum atomic E-state index is 12.9. The number of anilines is 1. The van der Waals surface area contributed by atoms with E-state index in [2.05, 4.69) is 25.4 Å². The van der Waals surface area contributed by atoms with Crippen LogP contribution in [0, 0.1) is 12.8 Å². The predicted octanol–water partition coefficient (Wildman–Crippen LogP) is 4.70. The first kappa shape index (κ1) is 25.1. The minimum Gasteiger partial charge on any atom is -0.481 e. The minimum atomic E-state index is -0.743. The molecule has 0 radical (unpaired) electrons. The number of aliphatic carboxylic acids is 1. The lowest BCUT2D eigenvalue weighted by molar-refractivity contribution is -0.138. The Morgan fingerprint density at radius 2 is 1.74 bits per heavy atom. The van der Waals surface area contributed by atoms with Gasteiger partial charge in [-0.2, -0.15) is 5.10 Å². The highest BCUT2D eigenvalue weighted by Crippen LogP contribution is 2.29. The van der Waals surface area contributed by atoms with Crippen molar-refractivity contribution in [1.82, 2.24) is 24.7 Å². The van der Waals surface area contributed by atoms with Crippen molar-refractivity contribution in [3.63, 3.8) is 0 Å². The highest BCUT2D eigenvalue weighted by atomic mass is 16.5. The van der Waals surface area contributed by atoms with E-state index < -0.39 is 5.97 Å². The quantitative estimate of drug-likeness (QED) is 0.347. The number of hydrogen-bond acceptors (Lipinski definition) is 7. The van der Waals surface area contributed by atoms with Gasteiger partial charge in [-0.25, -0.2) is 19.6 Å². The van der Waals surface area contributed by atoms with E-state index >= 15 is 0 Å². The van der Waals surface area contributed by atoms with Crippen molar-refractivity contribution in [2.45, 2.75) is 45.1 Å². The highest BCUT2D eigenvalue weighted by Gasteiger charge is 2.24. The lowest BCUT2D eigenvalue weighted by Crippen LogP contribution is -2.25. The lowest BCUT2D eigenvalue weighted by atomic mass is 9.85. The van der Waals surface area contributed by atoms with Crippen molar-refractivity contribution in [3.05, 3.63) is 78.5 Å². The maximum Gasteiger partial charge on any atom is 0.316 e. The average molecular weight is 513 g/mol. The molecule has 0 bridgehead atoms. The summed E-state index contributed by atoms with van der Waals surface area (Å²) in [6.45, 7) is 1.79. The summed E-state index contributed by atoms with van der Waals surface area (Å²) in [5.41, 5.74) is 3.47. The third-order valence-corrected chi connectivity index (χ3v) is 6.66. The van der Waals surface area contributed by atoms with Gasteiger partial charge in [0.05, 0.1) is 11.3 Å². The number of rotatable bonds is 8. The Labute approximate surface area is 219 Å². The van der Waals surface area contributed by atoms with Gasteiger partial charge in [0.1, 0.15) is 6.10 Å². The Hall–Kier alpha value is -4.60. The average Bonchev–Trinajstić information content (AvgIpc) is 3.33. The molecule has 1 amide bonds. The van der Waals surface area contributed by atoms with Crippen LogP contribution in [0.1, 0.15) is 48.2 Å². The van der Waals surface area contributed by atoms with Crippen molar-refractivity contribution in [1.29, 1.82) is 0 Å². The second kappa shape index (κ2) is 11.2. The summed E-state index contributed by atoms with van der Waals surface area (Å²) in [5.74, 6) is -0.135. The SMILES string of the molecule is Cc1nn(-c2ccccn2)cc1C(=O)Nc1ccc(-c2cnc(OC3CCC(CC(=O)O)CC3)nc2)cc1. The first-order chi connectivity index (χ1) is 18.4. The first-order valence-electron chi connectivity index (χ1n) is 12.5.